The number of ether oxygens (including phenoxy) is 2. The molecule has 0 saturated carbocycles. The molecule has 2 aromatic heterocycles. The first-order chi connectivity index (χ1) is 20.4. The Balaban J connectivity index is 0.00000924. The molecule has 43 heavy (non-hydrogen) atoms. The maximum atomic E-state index is 12.2. The third-order valence-corrected chi connectivity index (χ3v) is 8.28. The van der Waals surface area contributed by atoms with Crippen LogP contribution >= 0.6 is 7.60 Å². The Morgan fingerprint density at radius 2 is 1.44 bits per heavy atom. The topological polar surface area (TPSA) is 184 Å². The van der Waals surface area contributed by atoms with Gasteiger partial charge in [-0.1, -0.05) is 103 Å². The molecule has 242 valence electrons. The number of unbranched alkanes of at least 4 members (excludes halogenated alkanes) is 15. The maximum Gasteiger partial charge on any atom is 1.00 e. The Morgan fingerprint density at radius 3 is 2.00 bits per heavy atom. The van der Waals surface area contributed by atoms with Gasteiger partial charge in [-0.15, -0.1) is 0 Å². The number of imidazole rings is 1. The molecule has 2 rings (SSSR count). The van der Waals surface area contributed by atoms with Gasteiger partial charge in [0.25, 0.3) is 0 Å². The zero-order chi connectivity index (χ0) is 30.5. The van der Waals surface area contributed by atoms with Gasteiger partial charge in [0, 0.05) is 6.61 Å². The van der Waals surface area contributed by atoms with Crippen LogP contribution in [0.4, 0.5) is 11.8 Å². The van der Waals surface area contributed by atoms with Gasteiger partial charge in [0.2, 0.25) is 5.95 Å². The molecule has 0 saturated heterocycles. The first kappa shape index (κ1) is 40.2. The molecule has 0 aliphatic rings. The average Bonchev–Trinajstić information content (AvgIpc) is 3.36. The van der Waals surface area contributed by atoms with Crippen LogP contribution in [0.2, 0.25) is 0 Å². The quantitative estimate of drug-likeness (QED) is 0.0742. The van der Waals surface area contributed by atoms with Crippen LogP contribution in [0.3, 0.4) is 0 Å². The third-order valence-electron chi connectivity index (χ3n) is 7.24. The van der Waals surface area contributed by atoms with Crippen LogP contribution in [-0.4, -0.2) is 63.5 Å². The van der Waals surface area contributed by atoms with Crippen molar-refractivity contribution in [2.24, 2.45) is 0 Å². The van der Waals surface area contributed by atoms with Crippen LogP contribution in [0.5, 0.6) is 0 Å². The van der Waals surface area contributed by atoms with Crippen molar-refractivity contribution in [2.45, 2.75) is 122 Å². The summed E-state index contributed by atoms with van der Waals surface area (Å²) in [5.74, 6) is 0.116. The second kappa shape index (κ2) is 24.4. The molecular formula is C29H54N6NaO6P. The number of fused-ring (bicyclic) bond motifs is 1. The molecule has 14 heteroatoms. The zero-order valence-electron chi connectivity index (χ0n) is 26.6. The summed E-state index contributed by atoms with van der Waals surface area (Å²) in [6, 6.07) is 0. The molecule has 2 heterocycles. The number of aliphatic hydroxyl groups excluding tert-OH is 1. The minimum absolute atomic E-state index is 0. The van der Waals surface area contributed by atoms with Crippen molar-refractivity contribution in [3.63, 3.8) is 0 Å². The predicted molar refractivity (Wildman–Crippen MR) is 165 cm³/mol. The number of nitrogens with two attached hydrogens (primary N) is 2. The van der Waals surface area contributed by atoms with Gasteiger partial charge >= 0.3 is 29.6 Å². The molecule has 2 aromatic rings. The van der Waals surface area contributed by atoms with Gasteiger partial charge in [-0.05, 0) is 6.42 Å². The molecular weight excluding hydrogens is 582 g/mol. The van der Waals surface area contributed by atoms with Gasteiger partial charge < -0.3 is 44.6 Å². The van der Waals surface area contributed by atoms with Crippen molar-refractivity contribution in [1.82, 2.24) is 19.5 Å². The number of hydrogen-bond donors (Lipinski definition) is 3. The number of aromatic nitrogens is 4. The summed E-state index contributed by atoms with van der Waals surface area (Å²) in [7, 11) is -4.26. The number of nitrogen functional groups attached to an aromatic ring is 2. The Labute approximate surface area is 279 Å². The fourth-order valence-corrected chi connectivity index (χ4v) is 5.64. The summed E-state index contributed by atoms with van der Waals surface area (Å²) >= 11 is 0. The van der Waals surface area contributed by atoms with Gasteiger partial charge in [-0.2, -0.15) is 9.97 Å². The summed E-state index contributed by atoms with van der Waals surface area (Å²) < 4.78 is 29.7. The van der Waals surface area contributed by atoms with Crippen molar-refractivity contribution in [3.8, 4) is 0 Å². The second-order valence-corrected chi connectivity index (χ2v) is 12.7. The molecule has 12 nitrogen and oxygen atoms in total. The van der Waals surface area contributed by atoms with Crippen LogP contribution in [0.15, 0.2) is 6.33 Å². The molecule has 0 radical (unpaired) electrons. The fraction of sp³-hybridized carbons (Fsp3) is 0.828. The van der Waals surface area contributed by atoms with E-state index in [-0.39, 0.29) is 61.1 Å². The van der Waals surface area contributed by atoms with E-state index in [0.29, 0.717) is 17.8 Å². The smallest absolute Gasteiger partial charge is 0.777 e. The Morgan fingerprint density at radius 1 is 0.884 bits per heavy atom. The van der Waals surface area contributed by atoms with Gasteiger partial charge in [0.1, 0.15) is 11.9 Å². The van der Waals surface area contributed by atoms with E-state index in [1.54, 1.807) is 4.57 Å². The van der Waals surface area contributed by atoms with E-state index in [0.717, 1.165) is 12.8 Å². The van der Waals surface area contributed by atoms with Gasteiger partial charge in [0.05, 0.1) is 38.8 Å². The molecule has 0 fully saturated rings. The van der Waals surface area contributed by atoms with Crippen molar-refractivity contribution in [2.75, 3.05) is 44.2 Å². The van der Waals surface area contributed by atoms with Gasteiger partial charge in [0.15, 0.2) is 19.1 Å². The summed E-state index contributed by atoms with van der Waals surface area (Å²) in [5.41, 5.74) is 12.2. The van der Waals surface area contributed by atoms with Gasteiger partial charge in [-0.25, -0.2) is 4.98 Å². The standard InChI is InChI=1S/C29H55N6O6P.Na/c1-2-3-4-5-6-7-8-9-10-11-12-13-14-15-16-17-18-39-19-20-41-42(37,38)24-40-25(22-36)21-35-23-32-26-27(30)33-29(31)34-28(26)35;/h23,25,36H,2-22,24H2,1H3,(H,37,38)(H4,30,31,33,34);/q;+1/p-1/t25-;/m0./s1. The van der Waals surface area contributed by atoms with Crippen LogP contribution in [-0.2, 0) is 25.1 Å². The van der Waals surface area contributed by atoms with Crippen LogP contribution in [0, 0.1) is 0 Å². The molecule has 0 aromatic carbocycles. The Kier molecular flexibility index (Phi) is 22.8. The number of hydrogen-bond acceptors (Lipinski definition) is 11. The molecule has 0 aliphatic heterocycles. The minimum atomic E-state index is -4.26. The predicted octanol–water partition coefficient (Wildman–Crippen LogP) is 2.18. The summed E-state index contributed by atoms with van der Waals surface area (Å²) in [4.78, 5) is 24.3. The van der Waals surface area contributed by atoms with Crippen LogP contribution < -0.4 is 45.9 Å². The maximum absolute atomic E-state index is 12.2. The molecule has 2 atom stereocenters. The zero-order valence-corrected chi connectivity index (χ0v) is 29.5. The number of nitrogens with zero attached hydrogens (tertiary/aromatic N) is 4. The normalized spacial score (nSPS) is 13.7. The third kappa shape index (κ3) is 18.0. The largest absolute Gasteiger partial charge is 1.00 e. The van der Waals surface area contributed by atoms with Crippen LogP contribution in [0.25, 0.3) is 11.2 Å². The van der Waals surface area contributed by atoms with Crippen LogP contribution in [0.1, 0.15) is 110 Å². The Hall–Kier alpha value is -0.820. The monoisotopic (exact) mass is 636 g/mol. The number of anilines is 2. The van der Waals surface area contributed by atoms with E-state index < -0.39 is 26.7 Å². The van der Waals surface area contributed by atoms with E-state index in [1.807, 2.05) is 0 Å². The van der Waals surface area contributed by atoms with E-state index in [2.05, 4.69) is 21.9 Å². The number of rotatable bonds is 27. The van der Waals surface area contributed by atoms with E-state index in [1.165, 1.54) is 96.2 Å². The molecule has 0 aliphatic carbocycles. The first-order valence-corrected chi connectivity index (χ1v) is 17.6. The van der Waals surface area contributed by atoms with E-state index in [4.69, 9.17) is 25.5 Å². The van der Waals surface area contributed by atoms with Crippen molar-refractivity contribution in [1.29, 1.82) is 0 Å². The summed E-state index contributed by atoms with van der Waals surface area (Å²) in [6.07, 6.45) is 21.0. The Bertz CT molecular complexity index is 1030. The average molecular weight is 637 g/mol. The minimum Gasteiger partial charge on any atom is -0.777 e. The molecule has 5 N–H and O–H groups in total. The second-order valence-electron chi connectivity index (χ2n) is 11.0. The molecule has 0 spiro atoms. The SMILES string of the molecule is CCCCCCCCCCCCCCCCCCOCCOP(=O)([O-])CO[C@H](CO)Cn1cnc2c(N)nc(N)nc21.[Na+]. The first-order valence-electron chi connectivity index (χ1n) is 15.8. The van der Waals surface area contributed by atoms with Crippen molar-refractivity contribution < 1.29 is 58.1 Å². The van der Waals surface area contributed by atoms with E-state index in [9.17, 15) is 14.6 Å². The van der Waals surface area contributed by atoms with Gasteiger partial charge in [-0.3, -0.25) is 0 Å². The fourth-order valence-electron chi connectivity index (χ4n) is 4.82. The summed E-state index contributed by atoms with van der Waals surface area (Å²) in [6.45, 7) is 2.64. The number of aliphatic hydroxyl groups is 1. The van der Waals surface area contributed by atoms with Crippen molar-refractivity contribution >= 4 is 30.5 Å². The summed E-state index contributed by atoms with van der Waals surface area (Å²) in [5, 5.41) is 9.66. The molecule has 1 unspecified atom stereocenters. The molecule has 0 bridgehead atoms. The van der Waals surface area contributed by atoms with E-state index >= 15 is 0 Å². The molecule has 0 amide bonds. The van der Waals surface area contributed by atoms with Crippen molar-refractivity contribution in [3.05, 3.63) is 6.33 Å².